The van der Waals surface area contributed by atoms with Crippen molar-refractivity contribution in [3.05, 3.63) is 69.9 Å². The number of aromatic nitrogens is 3. The van der Waals surface area contributed by atoms with E-state index in [9.17, 15) is 4.79 Å². The molecule has 118 valence electrons. The zero-order chi connectivity index (χ0) is 16.5. The summed E-state index contributed by atoms with van der Waals surface area (Å²) in [7, 11) is 0. The minimum absolute atomic E-state index is 0.130. The van der Waals surface area contributed by atoms with Crippen molar-refractivity contribution in [1.82, 2.24) is 15.0 Å². The van der Waals surface area contributed by atoms with Crippen LogP contribution < -0.4 is 5.56 Å². The smallest absolute Gasteiger partial charge is 0.259 e. The monoisotopic (exact) mass is 335 g/mol. The Morgan fingerprint density at radius 1 is 1.21 bits per heavy atom. The Labute approximate surface area is 141 Å². The van der Waals surface area contributed by atoms with Crippen molar-refractivity contribution >= 4 is 33.2 Å². The van der Waals surface area contributed by atoms with Gasteiger partial charge in [0.25, 0.3) is 5.56 Å². The van der Waals surface area contributed by atoms with Crippen molar-refractivity contribution in [2.45, 2.75) is 6.92 Å². The van der Waals surface area contributed by atoms with Crippen LogP contribution in [0.3, 0.4) is 0 Å². The molecular weight excluding hydrogens is 322 g/mol. The standard InChI is InChI=1S/C18H13N3O2S/c1-11(15-20-16(22)14-7-8-24-18(14)21-15)9-13-10-23-17(19-13)12-5-3-2-4-6-12/h2-10H,1H3,(H,20,21,22)/b11-9-. The molecule has 24 heavy (non-hydrogen) atoms. The predicted molar refractivity (Wildman–Crippen MR) is 95.7 cm³/mol. The van der Waals surface area contributed by atoms with Crippen LogP contribution in [0.5, 0.6) is 0 Å². The van der Waals surface area contributed by atoms with Gasteiger partial charge in [0, 0.05) is 5.56 Å². The van der Waals surface area contributed by atoms with Crippen LogP contribution in [0.2, 0.25) is 0 Å². The number of rotatable bonds is 3. The lowest BCUT2D eigenvalue weighted by Gasteiger charge is -2.00. The number of nitrogens with zero attached hydrogens (tertiary/aromatic N) is 2. The highest BCUT2D eigenvalue weighted by Gasteiger charge is 2.08. The topological polar surface area (TPSA) is 71.8 Å². The molecule has 0 radical (unpaired) electrons. The normalized spacial score (nSPS) is 12.0. The zero-order valence-electron chi connectivity index (χ0n) is 12.8. The molecule has 0 amide bonds. The van der Waals surface area contributed by atoms with Crippen molar-refractivity contribution in [3.63, 3.8) is 0 Å². The lowest BCUT2D eigenvalue weighted by Crippen LogP contribution is -2.09. The van der Waals surface area contributed by atoms with E-state index in [1.165, 1.54) is 11.3 Å². The Morgan fingerprint density at radius 2 is 2.04 bits per heavy atom. The van der Waals surface area contributed by atoms with E-state index in [1.54, 1.807) is 12.3 Å². The molecule has 0 unspecified atom stereocenters. The lowest BCUT2D eigenvalue weighted by atomic mass is 10.2. The van der Waals surface area contributed by atoms with Gasteiger partial charge in [-0.15, -0.1) is 11.3 Å². The summed E-state index contributed by atoms with van der Waals surface area (Å²) in [5.41, 5.74) is 2.28. The third-order valence-electron chi connectivity index (χ3n) is 3.62. The van der Waals surface area contributed by atoms with Gasteiger partial charge < -0.3 is 9.40 Å². The minimum atomic E-state index is -0.130. The summed E-state index contributed by atoms with van der Waals surface area (Å²) in [5.74, 6) is 1.10. The second kappa shape index (κ2) is 5.90. The van der Waals surface area contributed by atoms with Gasteiger partial charge in [-0.25, -0.2) is 9.97 Å². The first-order valence-corrected chi connectivity index (χ1v) is 8.26. The summed E-state index contributed by atoms with van der Waals surface area (Å²) < 4.78 is 5.52. The van der Waals surface area contributed by atoms with Crippen molar-refractivity contribution in [1.29, 1.82) is 0 Å². The Kier molecular flexibility index (Phi) is 3.59. The van der Waals surface area contributed by atoms with Gasteiger partial charge in [-0.1, -0.05) is 18.2 Å². The van der Waals surface area contributed by atoms with E-state index in [0.29, 0.717) is 22.8 Å². The first-order chi connectivity index (χ1) is 11.7. The highest BCUT2D eigenvalue weighted by Crippen LogP contribution is 2.21. The summed E-state index contributed by atoms with van der Waals surface area (Å²) in [6, 6.07) is 11.5. The van der Waals surface area contributed by atoms with E-state index < -0.39 is 0 Å². The Hall–Kier alpha value is -2.99. The maximum Gasteiger partial charge on any atom is 0.259 e. The number of oxazole rings is 1. The minimum Gasteiger partial charge on any atom is -0.444 e. The molecule has 0 aliphatic heterocycles. The summed E-state index contributed by atoms with van der Waals surface area (Å²) in [5, 5.41) is 2.48. The molecule has 0 fully saturated rings. The van der Waals surface area contributed by atoms with Crippen LogP contribution in [0, 0.1) is 0 Å². The second-order valence-corrected chi connectivity index (χ2v) is 6.22. The number of nitrogens with one attached hydrogen (secondary N) is 1. The van der Waals surface area contributed by atoms with Gasteiger partial charge in [-0.3, -0.25) is 4.79 Å². The Balaban J connectivity index is 1.69. The molecular formula is C18H13N3O2S. The fraction of sp³-hybridized carbons (Fsp3) is 0.0556. The number of fused-ring (bicyclic) bond motifs is 1. The van der Waals surface area contributed by atoms with E-state index in [-0.39, 0.29) is 5.56 Å². The van der Waals surface area contributed by atoms with Gasteiger partial charge in [-0.2, -0.15) is 0 Å². The molecule has 6 heteroatoms. The van der Waals surface area contributed by atoms with E-state index in [1.807, 2.05) is 48.7 Å². The Bertz CT molecular complexity index is 1090. The molecule has 1 aromatic carbocycles. The highest BCUT2D eigenvalue weighted by atomic mass is 32.1. The van der Waals surface area contributed by atoms with Crippen molar-refractivity contribution in [3.8, 4) is 11.5 Å². The van der Waals surface area contributed by atoms with Gasteiger partial charge in [-0.05, 0) is 42.2 Å². The summed E-state index contributed by atoms with van der Waals surface area (Å²) in [4.78, 5) is 24.5. The number of H-pyrrole nitrogens is 1. The molecule has 0 atom stereocenters. The number of aromatic amines is 1. The van der Waals surface area contributed by atoms with Gasteiger partial charge in [0.2, 0.25) is 5.89 Å². The molecule has 3 heterocycles. The SMILES string of the molecule is C/C(=C/c1coc(-c2ccccc2)n1)c1nc2sccc2c(=O)[nH]1. The largest absolute Gasteiger partial charge is 0.444 e. The number of hydrogen-bond donors (Lipinski definition) is 1. The highest BCUT2D eigenvalue weighted by molar-refractivity contribution is 7.16. The third-order valence-corrected chi connectivity index (χ3v) is 4.42. The maximum atomic E-state index is 12.1. The molecule has 0 saturated heterocycles. The molecule has 0 spiro atoms. The van der Waals surface area contributed by atoms with Crippen molar-refractivity contribution in [2.24, 2.45) is 0 Å². The fourth-order valence-electron chi connectivity index (χ4n) is 2.41. The van der Waals surface area contributed by atoms with Gasteiger partial charge >= 0.3 is 0 Å². The number of thiophene rings is 1. The Morgan fingerprint density at radius 3 is 2.88 bits per heavy atom. The van der Waals surface area contributed by atoms with Crippen LogP contribution >= 0.6 is 11.3 Å². The molecule has 5 nitrogen and oxygen atoms in total. The quantitative estimate of drug-likeness (QED) is 0.609. The van der Waals surface area contributed by atoms with E-state index in [0.717, 1.165) is 16.0 Å². The molecule has 0 aliphatic carbocycles. The molecule has 1 N–H and O–H groups in total. The molecule has 0 bridgehead atoms. The lowest BCUT2D eigenvalue weighted by molar-refractivity contribution is 0.574. The first kappa shape index (κ1) is 14.6. The van der Waals surface area contributed by atoms with Gasteiger partial charge in [0.15, 0.2) is 0 Å². The molecule has 0 aliphatic rings. The molecule has 4 rings (SSSR count). The van der Waals surface area contributed by atoms with Gasteiger partial charge in [0.1, 0.15) is 22.6 Å². The van der Waals surface area contributed by atoms with E-state index >= 15 is 0 Å². The third kappa shape index (κ3) is 2.68. The van der Waals surface area contributed by atoms with Crippen LogP contribution in [0.4, 0.5) is 0 Å². The average Bonchev–Trinajstić information content (AvgIpc) is 3.25. The van der Waals surface area contributed by atoms with Crippen LogP contribution in [-0.4, -0.2) is 15.0 Å². The number of hydrogen-bond acceptors (Lipinski definition) is 5. The predicted octanol–water partition coefficient (Wildman–Crippen LogP) is 4.20. The average molecular weight is 335 g/mol. The van der Waals surface area contributed by atoms with Crippen molar-refractivity contribution in [2.75, 3.05) is 0 Å². The van der Waals surface area contributed by atoms with Gasteiger partial charge in [0.05, 0.1) is 5.39 Å². The fourth-order valence-corrected chi connectivity index (χ4v) is 3.17. The number of allylic oxidation sites excluding steroid dienone is 1. The molecule has 0 saturated carbocycles. The zero-order valence-corrected chi connectivity index (χ0v) is 13.6. The first-order valence-electron chi connectivity index (χ1n) is 7.38. The van der Waals surface area contributed by atoms with Crippen LogP contribution in [0.15, 0.2) is 57.3 Å². The number of benzene rings is 1. The van der Waals surface area contributed by atoms with Crippen LogP contribution in [0.1, 0.15) is 18.4 Å². The summed E-state index contributed by atoms with van der Waals surface area (Å²) >= 11 is 1.45. The van der Waals surface area contributed by atoms with E-state index in [4.69, 9.17) is 4.42 Å². The van der Waals surface area contributed by atoms with Crippen LogP contribution in [-0.2, 0) is 0 Å². The summed E-state index contributed by atoms with van der Waals surface area (Å²) in [6.45, 7) is 1.88. The van der Waals surface area contributed by atoms with Crippen molar-refractivity contribution < 1.29 is 4.42 Å². The van der Waals surface area contributed by atoms with Crippen LogP contribution in [0.25, 0.3) is 33.3 Å². The maximum absolute atomic E-state index is 12.1. The second-order valence-electron chi connectivity index (χ2n) is 5.32. The molecule has 4 aromatic rings. The van der Waals surface area contributed by atoms with E-state index in [2.05, 4.69) is 15.0 Å². The summed E-state index contributed by atoms with van der Waals surface area (Å²) in [6.07, 6.45) is 3.43. The molecule has 3 aromatic heterocycles.